The molecule has 7 nitrogen and oxygen atoms in total. The summed E-state index contributed by atoms with van der Waals surface area (Å²) in [4.78, 5) is 34.5. The number of ether oxygens (including phenoxy) is 1. The van der Waals surface area contributed by atoms with Crippen LogP contribution in [0.25, 0.3) is 0 Å². The monoisotopic (exact) mass is 246 g/mol. The highest BCUT2D eigenvalue weighted by Gasteiger charge is 2.20. The third-order valence-corrected chi connectivity index (χ3v) is 2.00. The van der Waals surface area contributed by atoms with Gasteiger partial charge in [0.25, 0.3) is 0 Å². The van der Waals surface area contributed by atoms with Crippen LogP contribution in [0.2, 0.25) is 0 Å². The zero-order valence-electron chi connectivity index (χ0n) is 10.2. The maximum Gasteiger partial charge on any atom is 0.325 e. The average Bonchev–Trinajstić information content (AvgIpc) is 2.25. The first-order valence-electron chi connectivity index (χ1n) is 5.36. The Morgan fingerprint density at radius 3 is 2.35 bits per heavy atom. The quantitative estimate of drug-likeness (QED) is 0.646. The summed E-state index contributed by atoms with van der Waals surface area (Å²) in [6.45, 7) is 5.03. The van der Waals surface area contributed by atoms with Crippen LogP contribution >= 0.6 is 0 Å². The van der Waals surface area contributed by atoms with E-state index in [-0.39, 0.29) is 19.7 Å². The fourth-order valence-electron chi connectivity index (χ4n) is 1.03. The molecule has 7 heteroatoms. The van der Waals surface area contributed by atoms with E-state index in [0.717, 1.165) is 0 Å². The van der Waals surface area contributed by atoms with Crippen molar-refractivity contribution in [2.75, 3.05) is 19.7 Å². The topological polar surface area (TPSA) is 95.9 Å². The van der Waals surface area contributed by atoms with Gasteiger partial charge in [-0.2, -0.15) is 0 Å². The summed E-state index contributed by atoms with van der Waals surface area (Å²) in [6, 6.07) is -1.60. The van der Waals surface area contributed by atoms with Crippen LogP contribution in [0.3, 0.4) is 0 Å². The van der Waals surface area contributed by atoms with E-state index in [1.54, 1.807) is 13.8 Å². The molecule has 0 aromatic carbocycles. The molecule has 0 bridgehead atoms. The number of urea groups is 1. The van der Waals surface area contributed by atoms with Crippen molar-refractivity contribution in [3.05, 3.63) is 0 Å². The number of carbonyl (C=O) groups excluding carboxylic acids is 2. The van der Waals surface area contributed by atoms with Crippen LogP contribution in [0.15, 0.2) is 0 Å². The summed E-state index contributed by atoms with van der Waals surface area (Å²) < 4.78 is 4.70. The van der Waals surface area contributed by atoms with Crippen molar-refractivity contribution in [2.45, 2.75) is 26.8 Å². The van der Waals surface area contributed by atoms with Crippen LogP contribution < -0.4 is 5.32 Å². The fourth-order valence-corrected chi connectivity index (χ4v) is 1.03. The van der Waals surface area contributed by atoms with E-state index >= 15 is 0 Å². The second kappa shape index (κ2) is 7.48. The number of hydrogen-bond acceptors (Lipinski definition) is 4. The van der Waals surface area contributed by atoms with Gasteiger partial charge >= 0.3 is 18.0 Å². The zero-order chi connectivity index (χ0) is 13.4. The lowest BCUT2D eigenvalue weighted by molar-refractivity contribution is -0.143. The largest absolute Gasteiger partial charge is 0.480 e. The van der Waals surface area contributed by atoms with Crippen LogP contribution in [0.5, 0.6) is 0 Å². The first kappa shape index (κ1) is 15.2. The fraction of sp³-hybridized carbons (Fsp3) is 0.700. The Bertz CT molecular complexity index is 292. The van der Waals surface area contributed by atoms with E-state index in [9.17, 15) is 14.4 Å². The van der Waals surface area contributed by atoms with Gasteiger partial charge in [-0.05, 0) is 20.8 Å². The molecule has 0 aromatic heterocycles. The maximum absolute atomic E-state index is 11.6. The minimum atomic E-state index is -1.13. The van der Waals surface area contributed by atoms with E-state index in [2.05, 4.69) is 5.32 Å². The van der Waals surface area contributed by atoms with Crippen molar-refractivity contribution in [1.29, 1.82) is 0 Å². The summed E-state index contributed by atoms with van der Waals surface area (Å²) in [5.41, 5.74) is 0. The molecular weight excluding hydrogens is 228 g/mol. The van der Waals surface area contributed by atoms with Crippen molar-refractivity contribution in [3.63, 3.8) is 0 Å². The predicted molar refractivity (Wildman–Crippen MR) is 59.5 cm³/mol. The van der Waals surface area contributed by atoms with E-state index in [1.165, 1.54) is 11.8 Å². The van der Waals surface area contributed by atoms with E-state index in [4.69, 9.17) is 9.84 Å². The molecule has 0 saturated heterocycles. The van der Waals surface area contributed by atoms with Crippen molar-refractivity contribution in [3.8, 4) is 0 Å². The highest BCUT2D eigenvalue weighted by Crippen LogP contribution is 1.93. The molecule has 0 aromatic rings. The average molecular weight is 246 g/mol. The Morgan fingerprint density at radius 2 is 1.94 bits per heavy atom. The Hall–Kier alpha value is -1.79. The molecule has 0 unspecified atom stereocenters. The maximum atomic E-state index is 11.6. The molecule has 0 heterocycles. The lowest BCUT2D eigenvalue weighted by Crippen LogP contribution is -2.48. The van der Waals surface area contributed by atoms with Gasteiger partial charge in [0.05, 0.1) is 6.61 Å². The SMILES string of the molecule is CCOC(=O)CN(CC)C(=O)N[C@H](C)C(=O)O. The van der Waals surface area contributed by atoms with E-state index in [1.807, 2.05) is 0 Å². The molecule has 17 heavy (non-hydrogen) atoms. The Balaban J connectivity index is 4.30. The molecule has 0 aliphatic rings. The predicted octanol–water partition coefficient (Wildman–Crippen LogP) is 0.0541. The zero-order valence-corrected chi connectivity index (χ0v) is 10.2. The molecular formula is C10H18N2O5. The molecule has 98 valence electrons. The summed E-state index contributed by atoms with van der Waals surface area (Å²) >= 11 is 0. The minimum absolute atomic E-state index is 0.192. The van der Waals surface area contributed by atoms with E-state index < -0.39 is 24.0 Å². The number of rotatable bonds is 6. The molecule has 0 fully saturated rings. The lowest BCUT2D eigenvalue weighted by atomic mass is 10.3. The number of carbonyl (C=O) groups is 3. The van der Waals surface area contributed by atoms with Crippen LogP contribution in [-0.2, 0) is 14.3 Å². The third kappa shape index (κ3) is 5.74. The number of nitrogens with zero attached hydrogens (tertiary/aromatic N) is 1. The number of aliphatic carboxylic acids is 1. The number of hydrogen-bond donors (Lipinski definition) is 2. The Labute approximate surface area is 99.7 Å². The van der Waals surface area contributed by atoms with Crippen LogP contribution in [0.1, 0.15) is 20.8 Å². The van der Waals surface area contributed by atoms with Gasteiger partial charge in [0, 0.05) is 6.54 Å². The molecule has 0 aliphatic carbocycles. The van der Waals surface area contributed by atoms with Gasteiger partial charge in [-0.3, -0.25) is 9.59 Å². The number of amides is 2. The van der Waals surface area contributed by atoms with Crippen molar-refractivity contribution in [1.82, 2.24) is 10.2 Å². The Morgan fingerprint density at radius 1 is 1.35 bits per heavy atom. The van der Waals surface area contributed by atoms with Crippen LogP contribution in [0.4, 0.5) is 4.79 Å². The molecule has 2 N–H and O–H groups in total. The van der Waals surface area contributed by atoms with Gasteiger partial charge in [-0.15, -0.1) is 0 Å². The van der Waals surface area contributed by atoms with Gasteiger partial charge in [0.15, 0.2) is 0 Å². The summed E-state index contributed by atoms with van der Waals surface area (Å²) in [7, 11) is 0. The van der Waals surface area contributed by atoms with Crippen LogP contribution in [-0.4, -0.2) is 53.7 Å². The van der Waals surface area contributed by atoms with Crippen molar-refractivity contribution < 1.29 is 24.2 Å². The standard InChI is InChI=1S/C10H18N2O5/c1-4-12(6-8(13)17-5-2)10(16)11-7(3)9(14)15/h7H,4-6H2,1-3H3,(H,11,16)(H,14,15)/t7-/m1/s1. The summed E-state index contributed by atoms with van der Waals surface area (Å²) in [5, 5.41) is 10.9. The van der Waals surface area contributed by atoms with Gasteiger partial charge in [-0.25, -0.2) is 4.79 Å². The molecule has 0 spiro atoms. The van der Waals surface area contributed by atoms with Crippen molar-refractivity contribution in [2.24, 2.45) is 0 Å². The first-order chi connectivity index (χ1) is 7.92. The van der Waals surface area contributed by atoms with Gasteiger partial charge in [-0.1, -0.05) is 0 Å². The van der Waals surface area contributed by atoms with Gasteiger partial charge in [0.1, 0.15) is 12.6 Å². The first-order valence-corrected chi connectivity index (χ1v) is 5.36. The summed E-state index contributed by atoms with van der Waals surface area (Å²) in [6.07, 6.45) is 0. The second-order valence-electron chi connectivity index (χ2n) is 3.33. The molecule has 2 amide bonds. The highest BCUT2D eigenvalue weighted by atomic mass is 16.5. The van der Waals surface area contributed by atoms with Gasteiger partial charge < -0.3 is 20.1 Å². The van der Waals surface area contributed by atoms with Gasteiger partial charge in [0.2, 0.25) is 0 Å². The van der Waals surface area contributed by atoms with E-state index in [0.29, 0.717) is 0 Å². The Kier molecular flexibility index (Phi) is 6.69. The number of carboxylic acid groups (broad SMARTS) is 1. The second-order valence-corrected chi connectivity index (χ2v) is 3.33. The molecule has 0 aliphatic heterocycles. The van der Waals surface area contributed by atoms with Crippen molar-refractivity contribution >= 4 is 18.0 Å². The molecule has 0 radical (unpaired) electrons. The molecule has 0 rings (SSSR count). The molecule has 0 saturated carbocycles. The number of esters is 1. The number of nitrogens with one attached hydrogen (secondary N) is 1. The molecule has 1 atom stereocenters. The number of likely N-dealkylation sites (N-methyl/N-ethyl adjacent to an activating group) is 1. The highest BCUT2D eigenvalue weighted by molar-refractivity contribution is 5.84. The normalized spacial score (nSPS) is 11.5. The minimum Gasteiger partial charge on any atom is -0.480 e. The number of carboxylic acids is 1. The third-order valence-electron chi connectivity index (χ3n) is 2.00. The van der Waals surface area contributed by atoms with Crippen LogP contribution in [0, 0.1) is 0 Å². The lowest BCUT2D eigenvalue weighted by Gasteiger charge is -2.21. The smallest absolute Gasteiger partial charge is 0.325 e. The summed E-state index contributed by atoms with van der Waals surface area (Å²) in [5.74, 6) is -1.65.